The van der Waals surface area contributed by atoms with Gasteiger partial charge >= 0.3 is 0 Å². The van der Waals surface area contributed by atoms with Crippen molar-refractivity contribution in [2.45, 2.75) is 12.8 Å². The van der Waals surface area contributed by atoms with Crippen LogP contribution in [0.25, 0.3) is 0 Å². The molecule has 0 saturated heterocycles. The summed E-state index contributed by atoms with van der Waals surface area (Å²) >= 11 is 0. The molecule has 0 radical (unpaired) electrons. The van der Waals surface area contributed by atoms with Gasteiger partial charge in [0.05, 0.1) is 14.2 Å². The van der Waals surface area contributed by atoms with E-state index in [4.69, 9.17) is 9.47 Å². The van der Waals surface area contributed by atoms with Gasteiger partial charge in [-0.15, -0.1) is 12.4 Å². The minimum atomic E-state index is -0.986. The van der Waals surface area contributed by atoms with E-state index in [-0.39, 0.29) is 30.4 Å². The Morgan fingerprint density at radius 3 is 2.36 bits per heavy atom. The minimum Gasteiger partial charge on any atom is -0.493 e. The highest BCUT2D eigenvalue weighted by Gasteiger charge is 2.09. The van der Waals surface area contributed by atoms with E-state index in [9.17, 15) is 13.6 Å². The third-order valence-corrected chi connectivity index (χ3v) is 4.15. The molecule has 2 aromatic rings. The molecule has 0 spiro atoms. The molecule has 0 fully saturated rings. The van der Waals surface area contributed by atoms with Crippen LogP contribution in [0.15, 0.2) is 36.4 Å². The van der Waals surface area contributed by atoms with Gasteiger partial charge in [0.15, 0.2) is 23.1 Å². The number of benzene rings is 2. The first-order chi connectivity index (χ1) is 12.9. The Balaban J connectivity index is 0.00000392. The number of hydrogen-bond donors (Lipinski definition) is 1. The van der Waals surface area contributed by atoms with Gasteiger partial charge in [0.1, 0.15) is 0 Å². The van der Waals surface area contributed by atoms with Crippen molar-refractivity contribution < 1.29 is 23.0 Å². The molecule has 0 unspecified atom stereocenters. The van der Waals surface area contributed by atoms with E-state index >= 15 is 0 Å². The Bertz CT molecular complexity index is 790. The molecule has 8 heteroatoms. The number of halogens is 3. The van der Waals surface area contributed by atoms with Crippen LogP contribution in [0.5, 0.6) is 11.5 Å². The average Bonchev–Trinajstić information content (AvgIpc) is 2.67. The van der Waals surface area contributed by atoms with Crippen molar-refractivity contribution in [2.75, 3.05) is 39.7 Å². The standard InChI is InChI=1S/C20H24F2N2O3.ClH/c1-24(10-8-14-4-7-18(26-2)19(12-14)27-3)11-9-20(25)23-15-5-6-16(21)17(22)13-15;/h4-7,12-13H,8-11H2,1-3H3,(H,23,25);1H. The number of rotatable bonds is 9. The first kappa shape index (κ1) is 23.7. The molecular formula is C20H25ClF2N2O3. The molecule has 0 aliphatic heterocycles. The third-order valence-electron chi connectivity index (χ3n) is 4.15. The molecule has 5 nitrogen and oxygen atoms in total. The summed E-state index contributed by atoms with van der Waals surface area (Å²) in [5, 5.41) is 2.56. The van der Waals surface area contributed by atoms with Gasteiger partial charge < -0.3 is 19.7 Å². The maximum atomic E-state index is 13.2. The van der Waals surface area contributed by atoms with Crippen LogP contribution >= 0.6 is 12.4 Å². The predicted octanol–water partition coefficient (Wildman–Crippen LogP) is 3.91. The Kier molecular flexibility index (Phi) is 9.68. The van der Waals surface area contributed by atoms with Gasteiger partial charge in [0, 0.05) is 31.3 Å². The molecule has 2 rings (SSSR count). The number of anilines is 1. The summed E-state index contributed by atoms with van der Waals surface area (Å²) in [4.78, 5) is 14.0. The maximum absolute atomic E-state index is 13.2. The highest BCUT2D eigenvalue weighted by molar-refractivity contribution is 5.90. The average molecular weight is 415 g/mol. The van der Waals surface area contributed by atoms with Crippen molar-refractivity contribution in [1.29, 1.82) is 0 Å². The fourth-order valence-corrected chi connectivity index (χ4v) is 2.56. The summed E-state index contributed by atoms with van der Waals surface area (Å²) in [5.74, 6) is -0.811. The van der Waals surface area contributed by atoms with Gasteiger partial charge in [-0.3, -0.25) is 4.79 Å². The Morgan fingerprint density at radius 2 is 1.71 bits per heavy atom. The molecule has 0 atom stereocenters. The molecule has 28 heavy (non-hydrogen) atoms. The van der Waals surface area contributed by atoms with Crippen LogP contribution in [-0.4, -0.2) is 45.2 Å². The molecule has 1 amide bonds. The molecule has 1 N–H and O–H groups in total. The van der Waals surface area contributed by atoms with E-state index < -0.39 is 11.6 Å². The normalized spacial score (nSPS) is 10.4. The van der Waals surface area contributed by atoms with Crippen LogP contribution in [0, 0.1) is 11.6 Å². The lowest BCUT2D eigenvalue weighted by Crippen LogP contribution is -2.26. The van der Waals surface area contributed by atoms with Crippen LogP contribution in [-0.2, 0) is 11.2 Å². The smallest absolute Gasteiger partial charge is 0.225 e. The number of nitrogens with zero attached hydrogens (tertiary/aromatic N) is 1. The van der Waals surface area contributed by atoms with Crippen LogP contribution in [0.3, 0.4) is 0 Å². The molecule has 0 aliphatic carbocycles. The van der Waals surface area contributed by atoms with Crippen LogP contribution in [0.2, 0.25) is 0 Å². The summed E-state index contributed by atoms with van der Waals surface area (Å²) in [6, 6.07) is 9.06. The van der Waals surface area contributed by atoms with Gasteiger partial charge in [0.25, 0.3) is 0 Å². The summed E-state index contributed by atoms with van der Waals surface area (Å²) in [6.07, 6.45) is 1.04. The van der Waals surface area contributed by atoms with Gasteiger partial charge in [-0.05, 0) is 43.3 Å². The zero-order chi connectivity index (χ0) is 19.8. The van der Waals surface area contributed by atoms with Crippen molar-refractivity contribution in [3.8, 4) is 11.5 Å². The summed E-state index contributed by atoms with van der Waals surface area (Å²) in [6.45, 7) is 1.30. The molecule has 154 valence electrons. The number of methoxy groups -OCH3 is 2. The topological polar surface area (TPSA) is 50.8 Å². The van der Waals surface area contributed by atoms with Crippen molar-refractivity contribution >= 4 is 24.0 Å². The van der Waals surface area contributed by atoms with Crippen molar-refractivity contribution in [3.63, 3.8) is 0 Å². The Hall–Kier alpha value is -2.38. The largest absolute Gasteiger partial charge is 0.493 e. The lowest BCUT2D eigenvalue weighted by molar-refractivity contribution is -0.116. The number of carbonyl (C=O) groups excluding carboxylic acids is 1. The number of hydrogen-bond acceptors (Lipinski definition) is 4. The highest BCUT2D eigenvalue weighted by atomic mass is 35.5. The minimum absolute atomic E-state index is 0. The van der Waals surface area contributed by atoms with E-state index in [2.05, 4.69) is 5.32 Å². The molecule has 0 aliphatic rings. The number of nitrogens with one attached hydrogen (secondary N) is 1. The lowest BCUT2D eigenvalue weighted by Gasteiger charge is -2.17. The third kappa shape index (κ3) is 6.98. The number of amides is 1. The highest BCUT2D eigenvalue weighted by Crippen LogP contribution is 2.27. The van der Waals surface area contributed by atoms with Gasteiger partial charge in [-0.2, -0.15) is 0 Å². The monoisotopic (exact) mass is 414 g/mol. The van der Waals surface area contributed by atoms with Crippen LogP contribution in [0.4, 0.5) is 14.5 Å². The van der Waals surface area contributed by atoms with Gasteiger partial charge in [0.2, 0.25) is 5.91 Å². The Morgan fingerprint density at radius 1 is 1.00 bits per heavy atom. The fraction of sp³-hybridized carbons (Fsp3) is 0.350. The number of ether oxygens (including phenoxy) is 2. The molecule has 0 bridgehead atoms. The molecule has 0 saturated carbocycles. The molecule has 2 aromatic carbocycles. The lowest BCUT2D eigenvalue weighted by atomic mass is 10.1. The Labute approximate surface area is 170 Å². The summed E-state index contributed by atoms with van der Waals surface area (Å²) < 4.78 is 36.6. The summed E-state index contributed by atoms with van der Waals surface area (Å²) in [7, 11) is 5.11. The van der Waals surface area contributed by atoms with E-state index in [1.54, 1.807) is 14.2 Å². The first-order valence-electron chi connectivity index (χ1n) is 8.57. The predicted molar refractivity (Wildman–Crippen MR) is 108 cm³/mol. The van der Waals surface area contributed by atoms with Crippen LogP contribution in [0.1, 0.15) is 12.0 Å². The fourth-order valence-electron chi connectivity index (χ4n) is 2.56. The maximum Gasteiger partial charge on any atom is 0.225 e. The molecule has 0 heterocycles. The van der Waals surface area contributed by atoms with Crippen molar-refractivity contribution in [3.05, 3.63) is 53.6 Å². The summed E-state index contributed by atoms with van der Waals surface area (Å²) in [5.41, 5.74) is 1.35. The second-order valence-corrected chi connectivity index (χ2v) is 6.17. The number of carbonyl (C=O) groups is 1. The molecular weight excluding hydrogens is 390 g/mol. The molecule has 0 aromatic heterocycles. The van der Waals surface area contributed by atoms with Crippen molar-refractivity contribution in [1.82, 2.24) is 4.90 Å². The van der Waals surface area contributed by atoms with Gasteiger partial charge in [-0.1, -0.05) is 6.07 Å². The SMILES string of the molecule is COc1ccc(CCN(C)CCC(=O)Nc2ccc(F)c(F)c2)cc1OC.Cl. The second kappa shape index (κ2) is 11.5. The van der Waals surface area contributed by atoms with E-state index in [0.717, 1.165) is 30.7 Å². The quantitative estimate of drug-likeness (QED) is 0.676. The van der Waals surface area contributed by atoms with E-state index in [1.807, 2.05) is 30.1 Å². The van der Waals surface area contributed by atoms with Gasteiger partial charge in [-0.25, -0.2) is 8.78 Å². The van der Waals surface area contributed by atoms with Crippen molar-refractivity contribution in [2.24, 2.45) is 0 Å². The zero-order valence-corrected chi connectivity index (χ0v) is 16.9. The van der Waals surface area contributed by atoms with E-state index in [0.29, 0.717) is 18.0 Å². The zero-order valence-electron chi connectivity index (χ0n) is 16.1. The van der Waals surface area contributed by atoms with Crippen LogP contribution < -0.4 is 14.8 Å². The number of likely N-dealkylation sites (N-methyl/N-ethyl adjacent to an activating group) is 1. The van der Waals surface area contributed by atoms with E-state index in [1.165, 1.54) is 6.07 Å². The second-order valence-electron chi connectivity index (χ2n) is 6.17. The first-order valence-corrected chi connectivity index (χ1v) is 8.57.